The van der Waals surface area contributed by atoms with Crippen LogP contribution in [0.2, 0.25) is 10.0 Å². The monoisotopic (exact) mass is 322 g/mol. The van der Waals surface area contributed by atoms with Crippen molar-refractivity contribution in [1.29, 1.82) is 0 Å². The summed E-state index contributed by atoms with van der Waals surface area (Å²) in [6, 6.07) is 2.12. The molecule has 1 amide bonds. The number of amides is 1. The summed E-state index contributed by atoms with van der Waals surface area (Å²) in [5, 5.41) is 5.86. The maximum atomic E-state index is 13.4. The van der Waals surface area contributed by atoms with Crippen LogP contribution in [0.5, 0.6) is 0 Å². The number of carbonyl (C=O) groups excluding carboxylic acids is 1. The average Bonchev–Trinajstić information content (AvgIpc) is 2.39. The summed E-state index contributed by atoms with van der Waals surface area (Å²) < 4.78 is 18.3. The predicted octanol–water partition coefficient (Wildman–Crippen LogP) is 2.55. The van der Waals surface area contributed by atoms with E-state index in [-0.39, 0.29) is 17.5 Å². The number of hydrogen-bond donors (Lipinski definition) is 2. The van der Waals surface area contributed by atoms with Crippen molar-refractivity contribution in [2.75, 3.05) is 26.8 Å². The minimum Gasteiger partial charge on any atom is -0.383 e. The van der Waals surface area contributed by atoms with Crippen LogP contribution < -0.4 is 10.6 Å². The van der Waals surface area contributed by atoms with Crippen molar-refractivity contribution in [1.82, 2.24) is 10.6 Å². The van der Waals surface area contributed by atoms with Gasteiger partial charge in [-0.1, -0.05) is 23.2 Å². The molecular formula is C13H17Cl2FN2O2. The van der Waals surface area contributed by atoms with Crippen molar-refractivity contribution in [3.63, 3.8) is 0 Å². The molecule has 1 rings (SSSR count). The van der Waals surface area contributed by atoms with E-state index in [0.29, 0.717) is 23.7 Å². The zero-order valence-electron chi connectivity index (χ0n) is 11.3. The van der Waals surface area contributed by atoms with E-state index in [1.165, 1.54) is 12.1 Å². The lowest BCUT2D eigenvalue weighted by atomic mass is 10.1. The minimum absolute atomic E-state index is 0.0716. The quantitative estimate of drug-likeness (QED) is 0.599. The van der Waals surface area contributed by atoms with Crippen LogP contribution in [0.3, 0.4) is 0 Å². The maximum absolute atomic E-state index is 13.4. The van der Waals surface area contributed by atoms with Gasteiger partial charge in [0, 0.05) is 24.2 Å². The first kappa shape index (κ1) is 17.2. The molecule has 1 atom stereocenters. The SMILES string of the molecule is COCCNCC(=O)N[C@@H](C)c1c(Cl)ccc(F)c1Cl. The zero-order chi connectivity index (χ0) is 15.1. The van der Waals surface area contributed by atoms with Gasteiger partial charge in [-0.15, -0.1) is 0 Å². The lowest BCUT2D eigenvalue weighted by Crippen LogP contribution is -2.36. The van der Waals surface area contributed by atoms with Gasteiger partial charge < -0.3 is 15.4 Å². The highest BCUT2D eigenvalue weighted by Gasteiger charge is 2.18. The Morgan fingerprint density at radius 3 is 2.80 bits per heavy atom. The van der Waals surface area contributed by atoms with Crippen LogP contribution in [0.4, 0.5) is 4.39 Å². The van der Waals surface area contributed by atoms with Crippen LogP contribution >= 0.6 is 23.2 Å². The first-order chi connectivity index (χ1) is 9.47. The maximum Gasteiger partial charge on any atom is 0.234 e. The molecule has 0 saturated carbocycles. The van der Waals surface area contributed by atoms with Gasteiger partial charge in [0.2, 0.25) is 5.91 Å². The molecule has 0 radical (unpaired) electrons. The fourth-order valence-corrected chi connectivity index (χ4v) is 2.38. The van der Waals surface area contributed by atoms with Crippen molar-refractivity contribution < 1.29 is 13.9 Å². The average molecular weight is 323 g/mol. The van der Waals surface area contributed by atoms with Gasteiger partial charge >= 0.3 is 0 Å². The van der Waals surface area contributed by atoms with Crippen LogP contribution in [-0.4, -0.2) is 32.7 Å². The number of carbonyl (C=O) groups is 1. The third-order valence-electron chi connectivity index (χ3n) is 2.66. The minimum atomic E-state index is -0.564. The van der Waals surface area contributed by atoms with E-state index in [1.54, 1.807) is 14.0 Å². The largest absolute Gasteiger partial charge is 0.383 e. The number of ether oxygens (including phenoxy) is 1. The number of rotatable bonds is 7. The molecule has 1 aromatic rings. The Labute approximate surface area is 127 Å². The van der Waals surface area contributed by atoms with E-state index in [2.05, 4.69) is 10.6 Å². The van der Waals surface area contributed by atoms with Gasteiger partial charge in [-0.3, -0.25) is 4.79 Å². The number of halogens is 3. The smallest absolute Gasteiger partial charge is 0.234 e. The Balaban J connectivity index is 2.60. The Hall–Kier alpha value is -0.880. The van der Waals surface area contributed by atoms with Crippen molar-refractivity contribution in [2.24, 2.45) is 0 Å². The lowest BCUT2D eigenvalue weighted by molar-refractivity contribution is -0.120. The summed E-state index contributed by atoms with van der Waals surface area (Å²) in [7, 11) is 1.58. The molecule has 20 heavy (non-hydrogen) atoms. The Kier molecular flexibility index (Phi) is 7.23. The molecule has 0 bridgehead atoms. The van der Waals surface area contributed by atoms with E-state index in [4.69, 9.17) is 27.9 Å². The summed E-state index contributed by atoms with van der Waals surface area (Å²) in [5.41, 5.74) is 0.374. The van der Waals surface area contributed by atoms with Crippen LogP contribution in [0.1, 0.15) is 18.5 Å². The Morgan fingerprint density at radius 1 is 1.45 bits per heavy atom. The van der Waals surface area contributed by atoms with Gasteiger partial charge in [0.05, 0.1) is 24.2 Å². The molecule has 0 aliphatic heterocycles. The molecular weight excluding hydrogens is 306 g/mol. The van der Waals surface area contributed by atoms with Gasteiger partial charge in [0.15, 0.2) is 0 Å². The van der Waals surface area contributed by atoms with E-state index < -0.39 is 11.9 Å². The molecule has 0 fully saturated rings. The van der Waals surface area contributed by atoms with Crippen LogP contribution in [0, 0.1) is 5.82 Å². The zero-order valence-corrected chi connectivity index (χ0v) is 12.8. The van der Waals surface area contributed by atoms with Crippen molar-refractivity contribution in [2.45, 2.75) is 13.0 Å². The van der Waals surface area contributed by atoms with Gasteiger partial charge in [-0.05, 0) is 19.1 Å². The number of benzene rings is 1. The van der Waals surface area contributed by atoms with Crippen molar-refractivity contribution >= 4 is 29.1 Å². The van der Waals surface area contributed by atoms with Crippen molar-refractivity contribution in [3.8, 4) is 0 Å². The molecule has 0 heterocycles. The molecule has 0 aliphatic rings. The predicted molar refractivity (Wildman–Crippen MR) is 77.7 cm³/mol. The molecule has 0 aromatic heterocycles. The van der Waals surface area contributed by atoms with Gasteiger partial charge in [0.25, 0.3) is 0 Å². The van der Waals surface area contributed by atoms with Crippen LogP contribution in [0.25, 0.3) is 0 Å². The summed E-state index contributed by atoms with van der Waals surface area (Å²) in [5.74, 6) is -0.796. The molecule has 0 aliphatic carbocycles. The van der Waals surface area contributed by atoms with Crippen LogP contribution in [-0.2, 0) is 9.53 Å². The Morgan fingerprint density at radius 2 is 2.15 bits per heavy atom. The molecule has 0 spiro atoms. The highest BCUT2D eigenvalue weighted by atomic mass is 35.5. The van der Waals surface area contributed by atoms with E-state index >= 15 is 0 Å². The van der Waals surface area contributed by atoms with E-state index in [1.807, 2.05) is 0 Å². The molecule has 1 aromatic carbocycles. The second-order valence-corrected chi connectivity index (χ2v) is 5.00. The fourth-order valence-electron chi connectivity index (χ4n) is 1.68. The molecule has 0 saturated heterocycles. The molecule has 112 valence electrons. The first-order valence-electron chi connectivity index (χ1n) is 6.09. The third kappa shape index (κ3) is 4.90. The number of methoxy groups -OCH3 is 1. The highest BCUT2D eigenvalue weighted by Crippen LogP contribution is 2.32. The topological polar surface area (TPSA) is 50.4 Å². The van der Waals surface area contributed by atoms with Crippen LogP contribution in [0.15, 0.2) is 12.1 Å². The highest BCUT2D eigenvalue weighted by molar-refractivity contribution is 6.36. The van der Waals surface area contributed by atoms with E-state index in [9.17, 15) is 9.18 Å². The number of hydrogen-bond acceptors (Lipinski definition) is 3. The normalized spacial score (nSPS) is 12.2. The van der Waals surface area contributed by atoms with Crippen molar-refractivity contribution in [3.05, 3.63) is 33.6 Å². The summed E-state index contributed by atoms with van der Waals surface area (Å²) in [6.45, 7) is 2.92. The first-order valence-corrected chi connectivity index (χ1v) is 6.85. The third-order valence-corrected chi connectivity index (χ3v) is 3.37. The lowest BCUT2D eigenvalue weighted by Gasteiger charge is -2.17. The Bertz CT molecular complexity index is 472. The summed E-state index contributed by atoms with van der Waals surface area (Å²) >= 11 is 11.9. The standard InChI is InChI=1S/C13H17Cl2FN2O2/c1-8(18-11(19)7-17-5-6-20-2)12-9(14)3-4-10(16)13(12)15/h3-4,8,17H,5-7H2,1-2H3,(H,18,19)/t8-/m0/s1. The van der Waals surface area contributed by atoms with Gasteiger partial charge in [0.1, 0.15) is 5.82 Å². The number of nitrogens with one attached hydrogen (secondary N) is 2. The molecule has 2 N–H and O–H groups in total. The molecule has 4 nitrogen and oxygen atoms in total. The summed E-state index contributed by atoms with van der Waals surface area (Å²) in [4.78, 5) is 11.7. The second-order valence-electron chi connectivity index (χ2n) is 4.22. The van der Waals surface area contributed by atoms with Gasteiger partial charge in [-0.2, -0.15) is 0 Å². The second kappa shape index (κ2) is 8.42. The van der Waals surface area contributed by atoms with Gasteiger partial charge in [-0.25, -0.2) is 4.39 Å². The summed E-state index contributed by atoms with van der Waals surface area (Å²) in [6.07, 6.45) is 0. The fraction of sp³-hybridized carbons (Fsp3) is 0.462. The molecule has 7 heteroatoms. The van der Waals surface area contributed by atoms with E-state index in [0.717, 1.165) is 0 Å². The molecule has 0 unspecified atom stereocenters.